The number of rotatable bonds is 7. The van der Waals surface area contributed by atoms with Gasteiger partial charge in [-0.15, -0.1) is 0 Å². The standard InChI is InChI=1S/C14H18O7/c1-4-17-12-7-5-6-11(8-12)13(15)19-21-20-14(16)18-9-10(2)3/h5-8,10H,4,9H2,1-3H3. The van der Waals surface area contributed by atoms with Crippen molar-refractivity contribution in [2.75, 3.05) is 13.2 Å². The smallest absolute Gasteiger partial charge is 0.494 e. The quantitative estimate of drug-likeness (QED) is 0.435. The van der Waals surface area contributed by atoms with Gasteiger partial charge >= 0.3 is 12.1 Å². The monoisotopic (exact) mass is 298 g/mol. The second kappa shape index (κ2) is 8.80. The first-order chi connectivity index (χ1) is 10.0. The Labute approximate surface area is 122 Å². The summed E-state index contributed by atoms with van der Waals surface area (Å²) in [6, 6.07) is 6.30. The van der Waals surface area contributed by atoms with E-state index >= 15 is 0 Å². The van der Waals surface area contributed by atoms with E-state index in [1.54, 1.807) is 12.1 Å². The molecule has 0 amide bonds. The number of hydrogen-bond acceptors (Lipinski definition) is 7. The molecule has 7 nitrogen and oxygen atoms in total. The third kappa shape index (κ3) is 6.62. The van der Waals surface area contributed by atoms with Gasteiger partial charge in [-0.3, -0.25) is 4.89 Å². The van der Waals surface area contributed by atoms with E-state index in [2.05, 4.69) is 19.6 Å². The van der Waals surface area contributed by atoms with Gasteiger partial charge in [0.15, 0.2) is 0 Å². The van der Waals surface area contributed by atoms with Crippen LogP contribution in [-0.4, -0.2) is 25.3 Å². The molecular weight excluding hydrogens is 280 g/mol. The molecular formula is C14H18O7. The predicted octanol–water partition coefficient (Wildman–Crippen LogP) is 2.90. The van der Waals surface area contributed by atoms with E-state index < -0.39 is 12.1 Å². The molecule has 0 aliphatic heterocycles. The number of hydrogen-bond donors (Lipinski definition) is 0. The van der Waals surface area contributed by atoms with Gasteiger partial charge in [0.05, 0.1) is 23.8 Å². The van der Waals surface area contributed by atoms with Crippen molar-refractivity contribution in [3.05, 3.63) is 29.8 Å². The molecule has 21 heavy (non-hydrogen) atoms. The molecule has 0 aliphatic rings. The van der Waals surface area contributed by atoms with Gasteiger partial charge in [-0.1, -0.05) is 19.9 Å². The van der Waals surface area contributed by atoms with E-state index in [4.69, 9.17) is 4.74 Å². The molecule has 0 spiro atoms. The Morgan fingerprint density at radius 2 is 1.95 bits per heavy atom. The molecule has 116 valence electrons. The highest BCUT2D eigenvalue weighted by Gasteiger charge is 2.13. The van der Waals surface area contributed by atoms with E-state index in [-0.39, 0.29) is 18.1 Å². The Balaban J connectivity index is 2.36. The average Bonchev–Trinajstić information content (AvgIpc) is 2.45. The average molecular weight is 298 g/mol. The highest BCUT2D eigenvalue weighted by atomic mass is 17.5. The summed E-state index contributed by atoms with van der Waals surface area (Å²) in [7, 11) is 0. The maximum atomic E-state index is 11.6. The van der Waals surface area contributed by atoms with Crippen LogP contribution in [0.15, 0.2) is 24.3 Å². The lowest BCUT2D eigenvalue weighted by molar-refractivity contribution is -0.452. The minimum atomic E-state index is -1.08. The second-order valence-corrected chi connectivity index (χ2v) is 4.44. The number of benzene rings is 1. The third-order valence-electron chi connectivity index (χ3n) is 2.13. The lowest BCUT2D eigenvalue weighted by atomic mass is 10.2. The summed E-state index contributed by atoms with van der Waals surface area (Å²) < 4.78 is 9.88. The van der Waals surface area contributed by atoms with Crippen LogP contribution in [0, 0.1) is 5.92 Å². The summed E-state index contributed by atoms with van der Waals surface area (Å²) in [6.07, 6.45) is -1.08. The van der Waals surface area contributed by atoms with Gasteiger partial charge in [0.1, 0.15) is 5.75 Å². The summed E-state index contributed by atoms with van der Waals surface area (Å²) in [6.45, 7) is 6.19. The zero-order chi connectivity index (χ0) is 15.7. The minimum absolute atomic E-state index is 0.154. The number of carbonyl (C=O) groups is 2. The minimum Gasteiger partial charge on any atom is -0.494 e. The Morgan fingerprint density at radius 3 is 2.62 bits per heavy atom. The van der Waals surface area contributed by atoms with Crippen LogP contribution in [0.2, 0.25) is 0 Å². The van der Waals surface area contributed by atoms with Gasteiger partial charge < -0.3 is 9.47 Å². The van der Waals surface area contributed by atoms with Crippen LogP contribution in [-0.2, 0) is 19.6 Å². The summed E-state index contributed by atoms with van der Waals surface area (Å²) in [4.78, 5) is 31.1. The first-order valence-electron chi connectivity index (χ1n) is 6.48. The molecule has 1 aromatic carbocycles. The fraction of sp³-hybridized carbons (Fsp3) is 0.429. The molecule has 1 rings (SSSR count). The molecule has 0 heterocycles. The summed E-state index contributed by atoms with van der Waals surface area (Å²) in [5, 5.41) is 4.08. The van der Waals surface area contributed by atoms with Crippen LogP contribution >= 0.6 is 0 Å². The maximum absolute atomic E-state index is 11.6. The van der Waals surface area contributed by atoms with Crippen LogP contribution in [0.3, 0.4) is 0 Å². The molecule has 0 aromatic heterocycles. The van der Waals surface area contributed by atoms with Crippen LogP contribution in [0.25, 0.3) is 0 Å². The predicted molar refractivity (Wildman–Crippen MR) is 71.4 cm³/mol. The lowest BCUT2D eigenvalue weighted by Crippen LogP contribution is -2.14. The zero-order valence-electron chi connectivity index (χ0n) is 12.2. The second-order valence-electron chi connectivity index (χ2n) is 4.44. The molecule has 0 atom stereocenters. The van der Waals surface area contributed by atoms with Crippen LogP contribution < -0.4 is 4.74 Å². The number of carbonyl (C=O) groups excluding carboxylic acids is 2. The Hall–Kier alpha value is -2.28. The molecule has 0 radical (unpaired) electrons. The first-order valence-corrected chi connectivity index (χ1v) is 6.48. The Bertz CT molecular complexity index is 470. The fourth-order valence-electron chi connectivity index (χ4n) is 1.26. The van der Waals surface area contributed by atoms with Crippen molar-refractivity contribution in [2.24, 2.45) is 5.92 Å². The molecule has 1 aromatic rings. The van der Waals surface area contributed by atoms with Gasteiger partial charge in [-0.25, -0.2) is 14.5 Å². The molecule has 0 saturated carbocycles. The van der Waals surface area contributed by atoms with Crippen molar-refractivity contribution < 1.29 is 33.9 Å². The molecule has 0 aliphatic carbocycles. The molecule has 0 N–H and O–H groups in total. The summed E-state index contributed by atoms with van der Waals surface area (Å²) >= 11 is 0. The topological polar surface area (TPSA) is 80.3 Å². The summed E-state index contributed by atoms with van der Waals surface area (Å²) in [5.41, 5.74) is 0.195. The van der Waals surface area contributed by atoms with E-state index in [0.717, 1.165) is 0 Å². The lowest BCUT2D eigenvalue weighted by Gasteiger charge is -2.06. The highest BCUT2D eigenvalue weighted by Crippen LogP contribution is 2.14. The SMILES string of the molecule is CCOc1cccc(C(=O)OOOC(=O)OCC(C)C)c1. The van der Waals surface area contributed by atoms with Gasteiger partial charge in [0.2, 0.25) is 0 Å². The molecule has 0 fully saturated rings. The maximum Gasteiger partial charge on any atom is 0.543 e. The van der Waals surface area contributed by atoms with E-state index in [1.807, 2.05) is 20.8 Å². The van der Waals surface area contributed by atoms with Crippen molar-refractivity contribution in [1.29, 1.82) is 0 Å². The van der Waals surface area contributed by atoms with E-state index in [9.17, 15) is 9.59 Å². The van der Waals surface area contributed by atoms with E-state index in [0.29, 0.717) is 12.4 Å². The fourth-order valence-corrected chi connectivity index (χ4v) is 1.26. The van der Waals surface area contributed by atoms with Crippen LogP contribution in [0.1, 0.15) is 31.1 Å². The molecule has 7 heteroatoms. The normalized spacial score (nSPS) is 10.1. The Morgan fingerprint density at radius 1 is 1.19 bits per heavy atom. The zero-order valence-corrected chi connectivity index (χ0v) is 12.2. The third-order valence-corrected chi connectivity index (χ3v) is 2.13. The van der Waals surface area contributed by atoms with Crippen molar-refractivity contribution in [1.82, 2.24) is 0 Å². The largest absolute Gasteiger partial charge is 0.543 e. The summed E-state index contributed by atoms with van der Waals surface area (Å²) in [5.74, 6) is -0.154. The van der Waals surface area contributed by atoms with Crippen molar-refractivity contribution in [3.8, 4) is 5.75 Å². The van der Waals surface area contributed by atoms with Crippen LogP contribution in [0.4, 0.5) is 4.79 Å². The Kier molecular flexibility index (Phi) is 7.03. The first kappa shape index (κ1) is 16.8. The van der Waals surface area contributed by atoms with Crippen molar-refractivity contribution in [2.45, 2.75) is 20.8 Å². The van der Waals surface area contributed by atoms with Gasteiger partial charge in [0, 0.05) is 0 Å². The van der Waals surface area contributed by atoms with Gasteiger partial charge in [-0.2, -0.15) is 0 Å². The van der Waals surface area contributed by atoms with E-state index in [1.165, 1.54) is 12.1 Å². The van der Waals surface area contributed by atoms with Crippen molar-refractivity contribution in [3.63, 3.8) is 0 Å². The van der Waals surface area contributed by atoms with Crippen LogP contribution in [0.5, 0.6) is 5.75 Å². The van der Waals surface area contributed by atoms with Crippen molar-refractivity contribution >= 4 is 12.1 Å². The molecule has 0 bridgehead atoms. The van der Waals surface area contributed by atoms with Gasteiger partial charge in [0.25, 0.3) is 0 Å². The molecule has 0 unspecified atom stereocenters. The highest BCUT2D eigenvalue weighted by molar-refractivity contribution is 5.89. The molecule has 0 saturated heterocycles. The van der Waals surface area contributed by atoms with Gasteiger partial charge in [-0.05, 0) is 31.0 Å². The number of ether oxygens (including phenoxy) is 2.